The molecule has 1 aromatic heterocycles. The maximum absolute atomic E-state index is 5.89. The van der Waals surface area contributed by atoms with Crippen molar-refractivity contribution in [2.75, 3.05) is 44.3 Å². The fourth-order valence-electron chi connectivity index (χ4n) is 2.40. The summed E-state index contributed by atoms with van der Waals surface area (Å²) in [6, 6.07) is 3.59. The number of nitrogen functional groups attached to an aromatic ring is 1. The number of nitrogens with two attached hydrogens (primary N) is 1. The van der Waals surface area contributed by atoms with E-state index < -0.39 is 0 Å². The summed E-state index contributed by atoms with van der Waals surface area (Å²) in [6.45, 7) is 4.33. The maximum atomic E-state index is 5.89. The summed E-state index contributed by atoms with van der Waals surface area (Å²) in [7, 11) is 1.61. The van der Waals surface area contributed by atoms with Crippen LogP contribution in [0.15, 0.2) is 12.1 Å². The van der Waals surface area contributed by atoms with Crippen LogP contribution in [0.2, 0.25) is 0 Å². The van der Waals surface area contributed by atoms with E-state index in [0.717, 1.165) is 13.1 Å². The second-order valence-electron chi connectivity index (χ2n) is 4.97. The molecule has 0 bridgehead atoms. The Morgan fingerprint density at radius 2 is 2.00 bits per heavy atom. The van der Waals surface area contributed by atoms with Crippen LogP contribution in [0, 0.1) is 0 Å². The molecule has 1 aliphatic heterocycles. The van der Waals surface area contributed by atoms with Gasteiger partial charge in [0, 0.05) is 19.2 Å². The molecule has 5 nitrogen and oxygen atoms in total. The lowest BCUT2D eigenvalue weighted by Gasteiger charge is -2.20. The van der Waals surface area contributed by atoms with Crippen LogP contribution in [0.3, 0.4) is 0 Å². The first-order chi connectivity index (χ1) is 9.29. The molecule has 0 aromatic carbocycles. The van der Waals surface area contributed by atoms with E-state index >= 15 is 0 Å². The smallest absolute Gasteiger partial charge is 0.215 e. The predicted octanol–water partition coefficient (Wildman–Crippen LogP) is 1.96. The number of ether oxygens (including phenoxy) is 1. The summed E-state index contributed by atoms with van der Waals surface area (Å²) in [6.07, 6.45) is 5.38. The van der Waals surface area contributed by atoms with Gasteiger partial charge in [0.25, 0.3) is 0 Å². The summed E-state index contributed by atoms with van der Waals surface area (Å²) >= 11 is 0. The first-order valence-corrected chi connectivity index (χ1v) is 7.06. The second kappa shape index (κ2) is 7.19. The Morgan fingerprint density at radius 3 is 2.68 bits per heavy atom. The van der Waals surface area contributed by atoms with Crippen LogP contribution in [-0.2, 0) is 0 Å². The van der Waals surface area contributed by atoms with Crippen molar-refractivity contribution in [1.29, 1.82) is 0 Å². The van der Waals surface area contributed by atoms with Gasteiger partial charge in [-0.2, -0.15) is 4.98 Å². The molecule has 0 aliphatic carbocycles. The highest BCUT2D eigenvalue weighted by molar-refractivity contribution is 5.61. The maximum Gasteiger partial charge on any atom is 0.215 e. The zero-order valence-electron chi connectivity index (χ0n) is 11.7. The summed E-state index contributed by atoms with van der Waals surface area (Å²) in [5.41, 5.74) is 6.56. The molecule has 2 heterocycles. The van der Waals surface area contributed by atoms with Crippen molar-refractivity contribution in [3.63, 3.8) is 0 Å². The van der Waals surface area contributed by atoms with Crippen molar-refractivity contribution in [1.82, 2.24) is 9.88 Å². The van der Waals surface area contributed by atoms with Gasteiger partial charge in [-0.1, -0.05) is 12.8 Å². The number of likely N-dealkylation sites (tertiary alicyclic amines) is 1. The highest BCUT2D eigenvalue weighted by atomic mass is 16.5. The zero-order chi connectivity index (χ0) is 13.5. The average molecular weight is 264 g/mol. The van der Waals surface area contributed by atoms with Crippen LogP contribution >= 0.6 is 0 Å². The monoisotopic (exact) mass is 264 g/mol. The van der Waals surface area contributed by atoms with Gasteiger partial charge in [0.2, 0.25) is 5.88 Å². The average Bonchev–Trinajstić information content (AvgIpc) is 2.69. The SMILES string of the molecule is COc1ccc(N)c(NCCN2CCCCCC2)n1. The van der Waals surface area contributed by atoms with Crippen molar-refractivity contribution in [3.05, 3.63) is 12.1 Å². The molecule has 1 aromatic rings. The van der Waals surface area contributed by atoms with Gasteiger partial charge in [0.15, 0.2) is 5.82 Å². The van der Waals surface area contributed by atoms with E-state index in [0.29, 0.717) is 17.4 Å². The third-order valence-electron chi connectivity index (χ3n) is 3.53. The van der Waals surface area contributed by atoms with E-state index in [9.17, 15) is 0 Å². The zero-order valence-corrected chi connectivity index (χ0v) is 11.7. The fraction of sp³-hybridized carbons (Fsp3) is 0.643. The normalized spacial score (nSPS) is 16.9. The van der Waals surface area contributed by atoms with E-state index in [1.165, 1.54) is 38.8 Å². The molecule has 2 rings (SSSR count). The lowest BCUT2D eigenvalue weighted by atomic mass is 10.2. The van der Waals surface area contributed by atoms with Gasteiger partial charge in [0.05, 0.1) is 12.8 Å². The molecule has 0 radical (unpaired) electrons. The summed E-state index contributed by atoms with van der Waals surface area (Å²) < 4.78 is 5.11. The van der Waals surface area contributed by atoms with Gasteiger partial charge in [-0.15, -0.1) is 0 Å². The third-order valence-corrected chi connectivity index (χ3v) is 3.53. The number of rotatable bonds is 5. The number of hydrogen-bond acceptors (Lipinski definition) is 5. The standard InChI is InChI=1S/C14H24N4O/c1-19-13-7-6-12(15)14(17-13)16-8-11-18-9-4-2-3-5-10-18/h6-7H,2-5,8-11,15H2,1H3,(H,16,17). The summed E-state index contributed by atoms with van der Waals surface area (Å²) in [5, 5.41) is 3.30. The minimum atomic E-state index is 0.589. The molecule has 106 valence electrons. The van der Waals surface area contributed by atoms with Gasteiger partial charge < -0.3 is 20.7 Å². The predicted molar refractivity (Wildman–Crippen MR) is 78.6 cm³/mol. The van der Waals surface area contributed by atoms with Crippen molar-refractivity contribution >= 4 is 11.5 Å². The highest BCUT2D eigenvalue weighted by Crippen LogP contribution is 2.19. The van der Waals surface area contributed by atoms with E-state index in [2.05, 4.69) is 15.2 Å². The van der Waals surface area contributed by atoms with Crippen LogP contribution in [0.5, 0.6) is 5.88 Å². The van der Waals surface area contributed by atoms with Crippen LogP contribution in [0.4, 0.5) is 11.5 Å². The first kappa shape index (κ1) is 13.9. The second-order valence-corrected chi connectivity index (χ2v) is 4.97. The molecule has 5 heteroatoms. The molecular weight excluding hydrogens is 240 g/mol. The first-order valence-electron chi connectivity index (χ1n) is 7.06. The summed E-state index contributed by atoms with van der Waals surface area (Å²) in [4.78, 5) is 6.83. The van der Waals surface area contributed by atoms with Crippen molar-refractivity contribution in [2.24, 2.45) is 0 Å². The number of anilines is 2. The molecule has 1 fully saturated rings. The number of nitrogens with one attached hydrogen (secondary N) is 1. The molecule has 1 saturated heterocycles. The number of hydrogen-bond donors (Lipinski definition) is 2. The largest absolute Gasteiger partial charge is 0.481 e. The van der Waals surface area contributed by atoms with E-state index in [4.69, 9.17) is 10.5 Å². The Labute approximate surface area is 115 Å². The number of nitrogens with zero attached hydrogens (tertiary/aromatic N) is 2. The number of aromatic nitrogens is 1. The van der Waals surface area contributed by atoms with E-state index in [1.54, 1.807) is 13.2 Å². The van der Waals surface area contributed by atoms with Crippen LogP contribution in [0.1, 0.15) is 25.7 Å². The van der Waals surface area contributed by atoms with Crippen LogP contribution in [0.25, 0.3) is 0 Å². The molecule has 1 aliphatic rings. The molecule has 19 heavy (non-hydrogen) atoms. The number of methoxy groups -OCH3 is 1. The lowest BCUT2D eigenvalue weighted by molar-refractivity contribution is 0.296. The quantitative estimate of drug-likeness (QED) is 0.851. The van der Waals surface area contributed by atoms with Gasteiger partial charge >= 0.3 is 0 Å². The molecule has 0 amide bonds. The Balaban J connectivity index is 1.81. The topological polar surface area (TPSA) is 63.4 Å². The lowest BCUT2D eigenvalue weighted by Crippen LogP contribution is -2.30. The number of pyridine rings is 1. The third kappa shape index (κ3) is 4.28. The van der Waals surface area contributed by atoms with E-state index in [1.807, 2.05) is 6.07 Å². The minimum Gasteiger partial charge on any atom is -0.481 e. The van der Waals surface area contributed by atoms with Crippen LogP contribution < -0.4 is 15.8 Å². The fourth-order valence-corrected chi connectivity index (χ4v) is 2.40. The molecule has 3 N–H and O–H groups in total. The Hall–Kier alpha value is -1.49. The van der Waals surface area contributed by atoms with Gasteiger partial charge in [0.1, 0.15) is 0 Å². The van der Waals surface area contributed by atoms with Crippen molar-refractivity contribution in [2.45, 2.75) is 25.7 Å². The van der Waals surface area contributed by atoms with Gasteiger partial charge in [-0.05, 0) is 32.0 Å². The molecule has 0 spiro atoms. The van der Waals surface area contributed by atoms with Crippen molar-refractivity contribution in [3.8, 4) is 5.88 Å². The van der Waals surface area contributed by atoms with Gasteiger partial charge in [-0.3, -0.25) is 0 Å². The Kier molecular flexibility index (Phi) is 5.27. The summed E-state index contributed by atoms with van der Waals surface area (Å²) in [5.74, 6) is 1.31. The highest BCUT2D eigenvalue weighted by Gasteiger charge is 2.09. The minimum absolute atomic E-state index is 0.589. The molecule has 0 unspecified atom stereocenters. The molecule has 0 atom stereocenters. The van der Waals surface area contributed by atoms with Gasteiger partial charge in [-0.25, -0.2) is 0 Å². The van der Waals surface area contributed by atoms with Crippen LogP contribution in [-0.4, -0.2) is 43.2 Å². The van der Waals surface area contributed by atoms with E-state index in [-0.39, 0.29) is 0 Å². The Morgan fingerprint density at radius 1 is 1.26 bits per heavy atom. The Bertz CT molecular complexity index is 389. The molecular formula is C14H24N4O. The molecule has 0 saturated carbocycles. The van der Waals surface area contributed by atoms with Crippen molar-refractivity contribution < 1.29 is 4.74 Å².